The Morgan fingerprint density at radius 3 is 2.44 bits per heavy atom. The van der Waals surface area contributed by atoms with Crippen LogP contribution in [0.4, 0.5) is 0 Å². The summed E-state index contributed by atoms with van der Waals surface area (Å²) in [6.45, 7) is 1.96. The third kappa shape index (κ3) is 3.73. The standard InChI is InChI=1S/C14H19ClN6O4/c1-4-5-16-8(22)6-17-9(23)7-21-10-11(18-13(21)15)19(2)14(25)20(3)12(10)24/h4-7H2,1-3H3,(H,16,22)(H,17,23). The van der Waals surface area contributed by atoms with Gasteiger partial charge in [0.05, 0.1) is 6.54 Å². The molecule has 0 atom stereocenters. The fourth-order valence-electron chi connectivity index (χ4n) is 2.27. The Hall–Kier alpha value is -2.62. The van der Waals surface area contributed by atoms with Crippen LogP contribution in [0.25, 0.3) is 11.2 Å². The molecule has 0 saturated carbocycles. The maximum Gasteiger partial charge on any atom is 0.332 e. The summed E-state index contributed by atoms with van der Waals surface area (Å²) in [5, 5.41) is 4.98. The highest BCUT2D eigenvalue weighted by molar-refractivity contribution is 6.29. The van der Waals surface area contributed by atoms with Gasteiger partial charge in [0.1, 0.15) is 6.54 Å². The quantitative estimate of drug-likeness (QED) is 0.614. The van der Waals surface area contributed by atoms with Crippen molar-refractivity contribution < 1.29 is 9.59 Å². The fraction of sp³-hybridized carbons (Fsp3) is 0.500. The summed E-state index contributed by atoms with van der Waals surface area (Å²) in [6.07, 6.45) is 0.790. The molecule has 0 aliphatic rings. The first-order valence-corrected chi connectivity index (χ1v) is 8.00. The van der Waals surface area contributed by atoms with Crippen LogP contribution in [0.3, 0.4) is 0 Å². The number of amides is 2. The first kappa shape index (κ1) is 18.7. The predicted octanol–water partition coefficient (Wildman–Crippen LogP) is -1.27. The van der Waals surface area contributed by atoms with Crippen LogP contribution in [0, 0.1) is 0 Å². The number of aromatic nitrogens is 4. The average Bonchev–Trinajstić information content (AvgIpc) is 2.91. The zero-order chi connectivity index (χ0) is 18.7. The average molecular weight is 371 g/mol. The molecule has 2 heterocycles. The van der Waals surface area contributed by atoms with Crippen molar-refractivity contribution in [2.75, 3.05) is 13.1 Å². The van der Waals surface area contributed by atoms with Gasteiger partial charge in [-0.25, -0.2) is 4.79 Å². The molecule has 25 heavy (non-hydrogen) atoms. The highest BCUT2D eigenvalue weighted by Crippen LogP contribution is 2.15. The number of halogens is 1. The second-order valence-corrected chi connectivity index (χ2v) is 5.81. The van der Waals surface area contributed by atoms with Gasteiger partial charge < -0.3 is 10.6 Å². The van der Waals surface area contributed by atoms with Gasteiger partial charge in [-0.15, -0.1) is 0 Å². The van der Waals surface area contributed by atoms with Gasteiger partial charge in [-0.3, -0.25) is 28.1 Å². The molecule has 2 rings (SSSR count). The molecule has 2 amide bonds. The largest absolute Gasteiger partial charge is 0.355 e. The van der Waals surface area contributed by atoms with Crippen LogP contribution < -0.4 is 21.9 Å². The van der Waals surface area contributed by atoms with Crippen molar-refractivity contribution in [2.45, 2.75) is 19.9 Å². The molecule has 2 N–H and O–H groups in total. The van der Waals surface area contributed by atoms with E-state index in [1.54, 1.807) is 0 Å². The van der Waals surface area contributed by atoms with Gasteiger partial charge in [-0.1, -0.05) is 6.92 Å². The number of nitrogens with one attached hydrogen (secondary N) is 2. The molecule has 2 aromatic rings. The van der Waals surface area contributed by atoms with Crippen molar-refractivity contribution in [3.8, 4) is 0 Å². The summed E-state index contributed by atoms with van der Waals surface area (Å²) >= 11 is 6.02. The van der Waals surface area contributed by atoms with E-state index in [9.17, 15) is 19.2 Å². The smallest absolute Gasteiger partial charge is 0.332 e. The van der Waals surface area contributed by atoms with Crippen LogP contribution in [0.2, 0.25) is 5.28 Å². The number of rotatable bonds is 6. The van der Waals surface area contributed by atoms with Crippen LogP contribution in [-0.2, 0) is 30.2 Å². The third-order valence-electron chi connectivity index (χ3n) is 3.62. The second-order valence-electron chi connectivity index (χ2n) is 5.47. The molecule has 0 aliphatic heterocycles. The van der Waals surface area contributed by atoms with E-state index in [0.29, 0.717) is 6.54 Å². The van der Waals surface area contributed by atoms with Gasteiger partial charge in [-0.2, -0.15) is 4.98 Å². The Balaban J connectivity index is 2.26. The molecule has 0 aliphatic carbocycles. The molecular formula is C14H19ClN6O4. The van der Waals surface area contributed by atoms with Crippen molar-refractivity contribution in [1.82, 2.24) is 29.3 Å². The molecule has 0 bridgehead atoms. The first-order chi connectivity index (χ1) is 11.8. The van der Waals surface area contributed by atoms with E-state index in [4.69, 9.17) is 11.6 Å². The topological polar surface area (TPSA) is 120 Å². The number of imidazole rings is 1. The number of nitrogens with zero attached hydrogens (tertiary/aromatic N) is 4. The van der Waals surface area contributed by atoms with Gasteiger partial charge in [0, 0.05) is 20.6 Å². The van der Waals surface area contributed by atoms with E-state index < -0.39 is 17.2 Å². The van der Waals surface area contributed by atoms with Crippen LogP contribution >= 0.6 is 11.6 Å². The number of aryl methyl sites for hydroxylation is 1. The van der Waals surface area contributed by atoms with E-state index in [2.05, 4.69) is 15.6 Å². The van der Waals surface area contributed by atoms with E-state index in [-0.39, 0.29) is 35.4 Å². The summed E-state index contributed by atoms with van der Waals surface area (Å²) < 4.78 is 3.29. The minimum absolute atomic E-state index is 0.0418. The Labute approximate surface area is 147 Å². The lowest BCUT2D eigenvalue weighted by atomic mass is 10.4. The van der Waals surface area contributed by atoms with E-state index in [1.165, 1.54) is 23.2 Å². The third-order valence-corrected chi connectivity index (χ3v) is 3.91. The molecular weight excluding hydrogens is 352 g/mol. The van der Waals surface area contributed by atoms with Gasteiger partial charge in [0.2, 0.25) is 17.1 Å². The lowest BCUT2D eigenvalue weighted by molar-refractivity contribution is -0.126. The maximum atomic E-state index is 12.3. The number of hydrogen-bond acceptors (Lipinski definition) is 5. The number of carbonyl (C=O) groups is 2. The monoisotopic (exact) mass is 370 g/mol. The molecule has 0 saturated heterocycles. The van der Waals surface area contributed by atoms with Gasteiger partial charge in [-0.05, 0) is 18.0 Å². The Morgan fingerprint density at radius 1 is 1.12 bits per heavy atom. The molecule has 2 aromatic heterocycles. The number of hydrogen-bond donors (Lipinski definition) is 2. The van der Waals surface area contributed by atoms with Crippen LogP contribution in [0.1, 0.15) is 13.3 Å². The molecule has 0 aromatic carbocycles. The summed E-state index contributed by atoms with van der Waals surface area (Å²) in [4.78, 5) is 51.8. The van der Waals surface area contributed by atoms with Crippen molar-refractivity contribution in [2.24, 2.45) is 14.1 Å². The molecule has 136 valence electrons. The highest BCUT2D eigenvalue weighted by Gasteiger charge is 2.19. The molecule has 10 nitrogen and oxygen atoms in total. The number of fused-ring (bicyclic) bond motifs is 1. The van der Waals surface area contributed by atoms with Crippen molar-refractivity contribution in [3.63, 3.8) is 0 Å². The minimum Gasteiger partial charge on any atom is -0.355 e. The minimum atomic E-state index is -0.606. The second kappa shape index (κ2) is 7.51. The molecule has 11 heteroatoms. The van der Waals surface area contributed by atoms with Gasteiger partial charge in [0.15, 0.2) is 11.2 Å². The Bertz CT molecular complexity index is 941. The molecule has 0 unspecified atom stereocenters. The van der Waals surface area contributed by atoms with Gasteiger partial charge >= 0.3 is 5.69 Å². The van der Waals surface area contributed by atoms with Gasteiger partial charge in [0.25, 0.3) is 5.56 Å². The molecule has 0 spiro atoms. The lowest BCUT2D eigenvalue weighted by Gasteiger charge is -2.08. The van der Waals surface area contributed by atoms with Crippen molar-refractivity contribution >= 4 is 34.6 Å². The maximum absolute atomic E-state index is 12.3. The fourth-order valence-corrected chi connectivity index (χ4v) is 2.49. The molecule has 0 radical (unpaired) electrons. The van der Waals surface area contributed by atoms with Crippen LogP contribution in [-0.4, -0.2) is 43.6 Å². The highest BCUT2D eigenvalue weighted by atomic mass is 35.5. The van der Waals surface area contributed by atoms with E-state index in [0.717, 1.165) is 11.0 Å². The van der Waals surface area contributed by atoms with Crippen molar-refractivity contribution in [1.29, 1.82) is 0 Å². The normalized spacial score (nSPS) is 10.9. The summed E-state index contributed by atoms with van der Waals surface area (Å²) in [5.74, 6) is -0.821. The summed E-state index contributed by atoms with van der Waals surface area (Å²) in [6, 6.07) is 0. The SMILES string of the molecule is CCCNC(=O)CNC(=O)Cn1c(Cl)nc2c1c(=O)n(C)c(=O)n2C. The zero-order valence-corrected chi connectivity index (χ0v) is 14.9. The summed E-state index contributed by atoms with van der Waals surface area (Å²) in [5.41, 5.74) is -1.02. The van der Waals surface area contributed by atoms with E-state index >= 15 is 0 Å². The lowest BCUT2D eigenvalue weighted by Crippen LogP contribution is -2.39. The Morgan fingerprint density at radius 2 is 1.80 bits per heavy atom. The predicted molar refractivity (Wildman–Crippen MR) is 91.5 cm³/mol. The molecule has 0 fully saturated rings. The number of carbonyl (C=O) groups excluding carboxylic acids is 2. The van der Waals surface area contributed by atoms with E-state index in [1.807, 2.05) is 6.92 Å². The van der Waals surface area contributed by atoms with Crippen molar-refractivity contribution in [3.05, 3.63) is 26.1 Å². The summed E-state index contributed by atoms with van der Waals surface area (Å²) in [7, 11) is 2.78. The first-order valence-electron chi connectivity index (χ1n) is 7.63. The zero-order valence-electron chi connectivity index (χ0n) is 14.1. The van der Waals surface area contributed by atoms with Crippen LogP contribution in [0.5, 0.6) is 0 Å². The Kier molecular flexibility index (Phi) is 5.62. The van der Waals surface area contributed by atoms with Crippen LogP contribution in [0.15, 0.2) is 9.59 Å².